The average molecular weight is 838 g/mol. The van der Waals surface area contributed by atoms with Crippen LogP contribution in [0, 0.1) is 24.7 Å². The molecule has 1 saturated heterocycles. The molecule has 4 aromatic rings. The zero-order valence-corrected chi connectivity index (χ0v) is 36.2. The van der Waals surface area contributed by atoms with Crippen LogP contribution in [0.3, 0.4) is 0 Å². The molecule has 60 heavy (non-hydrogen) atoms. The van der Waals surface area contributed by atoms with Crippen molar-refractivity contribution in [2.45, 2.75) is 63.9 Å². The number of methoxy groups -OCH3 is 1. The van der Waals surface area contributed by atoms with E-state index in [9.17, 15) is 4.79 Å². The number of ether oxygens (including phenoxy) is 3. The van der Waals surface area contributed by atoms with Crippen LogP contribution in [0.15, 0.2) is 59.1 Å². The first kappa shape index (κ1) is 40.8. The SMILES string of the molecule is CO[C@H]1/C=C/C[C@H](C)CS(=O)(Nc2nc(NCCN3CCOCC3)nc3nn(C)cc23)=NC(=O)c2ccc3c(c2)N(C[C@@H]2CC[C@H]21)C[C@@]1(CCCc2cc(C)ccc21)CO3. The minimum absolute atomic E-state index is 0.0342. The summed E-state index contributed by atoms with van der Waals surface area (Å²) in [6.07, 6.45) is 12.1. The Morgan fingerprint density at radius 1 is 1.10 bits per heavy atom. The van der Waals surface area contributed by atoms with E-state index in [1.165, 1.54) is 16.7 Å². The van der Waals surface area contributed by atoms with E-state index >= 15 is 4.21 Å². The highest BCUT2D eigenvalue weighted by molar-refractivity contribution is 7.95. The van der Waals surface area contributed by atoms with Gasteiger partial charge in [-0.15, -0.1) is 4.36 Å². The van der Waals surface area contributed by atoms with Crippen molar-refractivity contribution >= 4 is 44.3 Å². The van der Waals surface area contributed by atoms with Crippen LogP contribution in [0.4, 0.5) is 17.5 Å². The van der Waals surface area contributed by atoms with Gasteiger partial charge in [0.05, 0.1) is 42.8 Å². The average Bonchev–Trinajstić information content (AvgIpc) is 3.53. The van der Waals surface area contributed by atoms with Crippen LogP contribution < -0.4 is 19.7 Å². The van der Waals surface area contributed by atoms with Crippen LogP contribution in [0.2, 0.25) is 0 Å². The van der Waals surface area contributed by atoms with Gasteiger partial charge in [0.2, 0.25) is 5.95 Å². The first-order valence-corrected chi connectivity index (χ1v) is 23.4. The molecule has 2 fully saturated rings. The number of morpholine rings is 1. The smallest absolute Gasteiger partial charge is 0.286 e. The van der Waals surface area contributed by atoms with Crippen molar-refractivity contribution in [3.8, 4) is 5.75 Å². The van der Waals surface area contributed by atoms with Gasteiger partial charge in [0.25, 0.3) is 5.91 Å². The molecule has 15 heteroatoms. The maximum Gasteiger partial charge on any atom is 0.286 e. The molecule has 1 saturated carbocycles. The number of carbonyl (C=O) groups excluding carboxylic acids is 1. The molecule has 0 radical (unpaired) electrons. The van der Waals surface area contributed by atoms with Crippen molar-refractivity contribution in [3.05, 3.63) is 77.0 Å². The number of aryl methyl sites for hydroxylation is 3. The Bertz CT molecular complexity index is 2390. The number of hydrogen-bond acceptors (Lipinski definition) is 11. The van der Waals surface area contributed by atoms with E-state index in [0.717, 1.165) is 89.5 Å². The van der Waals surface area contributed by atoms with Crippen molar-refractivity contribution in [2.24, 2.45) is 29.2 Å². The van der Waals surface area contributed by atoms with E-state index in [-0.39, 0.29) is 23.2 Å². The monoisotopic (exact) mass is 837 g/mol. The number of fused-ring (bicyclic) bond motifs is 5. The molecule has 6 atom stereocenters. The molecular weight excluding hydrogens is 779 g/mol. The lowest BCUT2D eigenvalue weighted by Crippen LogP contribution is -2.49. The lowest BCUT2D eigenvalue weighted by Gasteiger charge is -2.46. The van der Waals surface area contributed by atoms with Crippen LogP contribution in [0.5, 0.6) is 5.75 Å². The van der Waals surface area contributed by atoms with Gasteiger partial charge in [0, 0.05) is 70.6 Å². The maximum absolute atomic E-state index is 15.3. The van der Waals surface area contributed by atoms with Crippen molar-refractivity contribution in [1.29, 1.82) is 0 Å². The van der Waals surface area contributed by atoms with Crippen LogP contribution in [-0.2, 0) is 38.3 Å². The summed E-state index contributed by atoms with van der Waals surface area (Å²) in [5.74, 6) is 1.67. The van der Waals surface area contributed by atoms with Gasteiger partial charge >= 0.3 is 0 Å². The summed E-state index contributed by atoms with van der Waals surface area (Å²) in [6, 6.07) is 12.5. The van der Waals surface area contributed by atoms with Gasteiger partial charge in [-0.3, -0.25) is 19.1 Å². The fourth-order valence-electron chi connectivity index (χ4n) is 10.0. The first-order valence-electron chi connectivity index (χ1n) is 21.7. The summed E-state index contributed by atoms with van der Waals surface area (Å²) in [5.41, 5.74) is 5.55. The zero-order valence-electron chi connectivity index (χ0n) is 35.4. The molecule has 3 aliphatic heterocycles. The molecule has 320 valence electrons. The largest absolute Gasteiger partial charge is 0.490 e. The Balaban J connectivity index is 1.08. The Labute approximate surface area is 353 Å². The number of rotatable bonds is 7. The molecule has 2 aromatic carbocycles. The quantitative estimate of drug-likeness (QED) is 0.206. The third-order valence-electron chi connectivity index (χ3n) is 13.3. The van der Waals surface area contributed by atoms with E-state index in [1.54, 1.807) is 24.1 Å². The number of allylic oxidation sites excluding steroid dienone is 1. The number of nitrogens with zero attached hydrogens (tertiary/aromatic N) is 7. The molecule has 5 heterocycles. The standard InChI is InChI=1S/C45H59N9O5S/c1-30-10-14-37-32(23-30)8-6-16-45(37)28-54-25-34-11-13-35(34)39(57-4)9-5-7-31(2)27-60(56,51-43(55)33-12-15-40(59-29-45)38(54)24-33)50-42-36-26-52(3)49-41(36)47-44(48-42)46-17-18-53-19-21-58-22-20-53/h5,9-10,12,14-15,23-24,26,31,34-35,39H,6-8,11,13,16-22,25,27-29H2,1-4H3,(H2,46,47,48,49,50,51,55,56)/b9-5+/t31-,34-,35+,39-,45-,60?/m0/s1. The van der Waals surface area contributed by atoms with E-state index < -0.39 is 15.8 Å². The number of amides is 1. The summed E-state index contributed by atoms with van der Waals surface area (Å²) in [5, 5.41) is 8.49. The molecule has 1 spiro atoms. The van der Waals surface area contributed by atoms with Crippen molar-refractivity contribution < 1.29 is 23.2 Å². The molecule has 2 bridgehead atoms. The highest BCUT2D eigenvalue weighted by Gasteiger charge is 2.44. The van der Waals surface area contributed by atoms with E-state index in [2.05, 4.69) is 71.6 Å². The molecule has 5 aliphatic rings. The molecule has 2 aromatic heterocycles. The van der Waals surface area contributed by atoms with Crippen molar-refractivity contribution in [1.82, 2.24) is 24.6 Å². The Kier molecular flexibility index (Phi) is 11.6. The van der Waals surface area contributed by atoms with Gasteiger partial charge < -0.3 is 24.4 Å². The van der Waals surface area contributed by atoms with Crippen LogP contribution >= 0.6 is 0 Å². The first-order chi connectivity index (χ1) is 29.1. The molecule has 2 N–H and O–H groups in total. The number of hydrogen-bond donors (Lipinski definition) is 2. The number of nitrogens with one attached hydrogen (secondary N) is 2. The minimum atomic E-state index is -3.44. The molecule has 1 amide bonds. The summed E-state index contributed by atoms with van der Waals surface area (Å²) in [4.78, 5) is 28.7. The molecule has 9 rings (SSSR count). The number of benzene rings is 2. The van der Waals surface area contributed by atoms with E-state index in [1.807, 2.05) is 26.1 Å². The van der Waals surface area contributed by atoms with Gasteiger partial charge in [0.15, 0.2) is 11.5 Å². The minimum Gasteiger partial charge on any atom is -0.490 e. The zero-order chi connectivity index (χ0) is 41.4. The molecular formula is C45H59N9O5S. The van der Waals surface area contributed by atoms with Gasteiger partial charge in [-0.2, -0.15) is 15.1 Å². The van der Waals surface area contributed by atoms with Crippen LogP contribution in [0.25, 0.3) is 11.0 Å². The molecule has 2 aliphatic carbocycles. The summed E-state index contributed by atoms with van der Waals surface area (Å²) in [7, 11) is 0.170. The molecule has 1 unspecified atom stereocenters. The number of anilines is 3. The van der Waals surface area contributed by atoms with Crippen LogP contribution in [-0.4, -0.2) is 113 Å². The van der Waals surface area contributed by atoms with Crippen LogP contribution in [0.1, 0.15) is 66.1 Å². The second-order valence-corrected chi connectivity index (χ2v) is 19.7. The van der Waals surface area contributed by atoms with Gasteiger partial charge in [-0.05, 0) is 92.5 Å². The summed E-state index contributed by atoms with van der Waals surface area (Å²) < 4.78 is 43.2. The van der Waals surface area contributed by atoms with Gasteiger partial charge in [0.1, 0.15) is 15.7 Å². The van der Waals surface area contributed by atoms with Crippen molar-refractivity contribution in [2.75, 3.05) is 86.9 Å². The van der Waals surface area contributed by atoms with Gasteiger partial charge in [-0.1, -0.05) is 42.8 Å². The third-order valence-corrected chi connectivity index (χ3v) is 15.3. The summed E-state index contributed by atoms with van der Waals surface area (Å²) in [6.45, 7) is 10.9. The molecule has 14 nitrogen and oxygen atoms in total. The summed E-state index contributed by atoms with van der Waals surface area (Å²) >= 11 is 0. The highest BCUT2D eigenvalue weighted by Crippen LogP contribution is 2.47. The van der Waals surface area contributed by atoms with E-state index in [4.69, 9.17) is 19.2 Å². The second-order valence-electron chi connectivity index (χ2n) is 17.7. The highest BCUT2D eigenvalue weighted by atomic mass is 32.2. The Morgan fingerprint density at radius 2 is 1.97 bits per heavy atom. The normalized spacial score (nSPS) is 29.1. The van der Waals surface area contributed by atoms with E-state index in [0.29, 0.717) is 59.8 Å². The number of aromatic nitrogens is 4. The third kappa shape index (κ3) is 8.50. The maximum atomic E-state index is 15.3. The lowest BCUT2D eigenvalue weighted by molar-refractivity contribution is 0.0131. The topological polar surface area (TPSA) is 148 Å². The fraction of sp³-hybridized carbons (Fsp3) is 0.556. The predicted octanol–water partition coefficient (Wildman–Crippen LogP) is 6.16. The second kappa shape index (κ2) is 17.1. The van der Waals surface area contributed by atoms with Gasteiger partial charge in [-0.25, -0.2) is 4.21 Å². The number of carbonyl (C=O) groups is 1. The fourth-order valence-corrected chi connectivity index (χ4v) is 11.9. The van der Waals surface area contributed by atoms with Crippen molar-refractivity contribution in [3.63, 3.8) is 0 Å². The lowest BCUT2D eigenvalue weighted by atomic mass is 9.68. The Hall–Kier alpha value is -4.57. The predicted molar refractivity (Wildman–Crippen MR) is 235 cm³/mol. The Morgan fingerprint density at radius 3 is 2.78 bits per heavy atom.